The van der Waals surface area contributed by atoms with Gasteiger partial charge in [-0.15, -0.1) is 0 Å². The maximum atomic E-state index is 12.1. The van der Waals surface area contributed by atoms with E-state index >= 15 is 0 Å². The van der Waals surface area contributed by atoms with Gasteiger partial charge in [0.2, 0.25) is 0 Å². The topological polar surface area (TPSA) is 55.4 Å². The Kier molecular flexibility index (Phi) is 5.39. The van der Waals surface area contributed by atoms with Crippen molar-refractivity contribution < 1.29 is 14.3 Å². The van der Waals surface area contributed by atoms with Crippen molar-refractivity contribution in [3.63, 3.8) is 0 Å². The Labute approximate surface area is 152 Å². The summed E-state index contributed by atoms with van der Waals surface area (Å²) in [5, 5.41) is 3.45. The first-order valence-corrected chi connectivity index (χ1v) is 8.74. The van der Waals surface area contributed by atoms with Crippen molar-refractivity contribution in [1.29, 1.82) is 0 Å². The molecule has 0 aromatic heterocycles. The van der Waals surface area contributed by atoms with Gasteiger partial charge in [-0.05, 0) is 67.1 Å². The molecule has 1 amide bonds. The van der Waals surface area contributed by atoms with Crippen LogP contribution < -0.4 is 5.32 Å². The van der Waals surface area contributed by atoms with E-state index in [0.717, 1.165) is 24.8 Å². The van der Waals surface area contributed by atoms with E-state index in [1.54, 1.807) is 18.2 Å². The minimum absolute atomic E-state index is 0.191. The lowest BCUT2D eigenvalue weighted by Gasteiger charge is -2.14. The van der Waals surface area contributed by atoms with Crippen molar-refractivity contribution in [3.8, 4) is 0 Å². The second-order valence-corrected chi connectivity index (χ2v) is 6.69. The molecule has 2 aromatic carbocycles. The highest BCUT2D eigenvalue weighted by molar-refractivity contribution is 6.30. The molecule has 2 aromatic rings. The van der Waals surface area contributed by atoms with Crippen LogP contribution in [0, 0.1) is 0 Å². The van der Waals surface area contributed by atoms with Gasteiger partial charge in [0.05, 0.1) is 11.6 Å². The number of benzene rings is 2. The number of carbonyl (C=O) groups is 2. The van der Waals surface area contributed by atoms with E-state index in [0.29, 0.717) is 10.6 Å². The van der Waals surface area contributed by atoms with E-state index < -0.39 is 5.97 Å². The fourth-order valence-electron chi connectivity index (χ4n) is 3.03. The number of aryl methyl sites for hydroxylation is 2. The van der Waals surface area contributed by atoms with Crippen LogP contribution in [0.2, 0.25) is 5.02 Å². The van der Waals surface area contributed by atoms with Gasteiger partial charge in [0.15, 0.2) is 6.61 Å². The summed E-state index contributed by atoms with van der Waals surface area (Å²) in [5.74, 6) is -0.805. The van der Waals surface area contributed by atoms with Crippen LogP contribution in [0.4, 0.5) is 0 Å². The van der Waals surface area contributed by atoms with Crippen LogP contribution in [0.1, 0.15) is 46.4 Å². The molecule has 4 nitrogen and oxygen atoms in total. The summed E-state index contributed by atoms with van der Waals surface area (Å²) in [6, 6.07) is 12.7. The molecule has 3 rings (SSSR count). The minimum Gasteiger partial charge on any atom is -0.452 e. The van der Waals surface area contributed by atoms with Crippen molar-refractivity contribution in [2.75, 3.05) is 6.61 Å². The molecule has 0 saturated heterocycles. The summed E-state index contributed by atoms with van der Waals surface area (Å²) >= 11 is 5.86. The molecule has 25 heavy (non-hydrogen) atoms. The Bertz CT molecular complexity index is 786. The van der Waals surface area contributed by atoms with E-state index in [2.05, 4.69) is 5.32 Å². The first kappa shape index (κ1) is 17.5. The number of hydrogen-bond acceptors (Lipinski definition) is 3. The molecular weight excluding hydrogens is 338 g/mol. The van der Waals surface area contributed by atoms with Crippen LogP contribution in [0.5, 0.6) is 0 Å². The van der Waals surface area contributed by atoms with Crippen LogP contribution in [-0.2, 0) is 22.4 Å². The summed E-state index contributed by atoms with van der Waals surface area (Å²) in [6.07, 6.45) is 3.18. The third-order valence-electron chi connectivity index (χ3n) is 4.42. The monoisotopic (exact) mass is 357 g/mol. The third kappa shape index (κ3) is 4.40. The van der Waals surface area contributed by atoms with Crippen LogP contribution in [-0.4, -0.2) is 18.5 Å². The molecule has 0 unspecified atom stereocenters. The second kappa shape index (κ2) is 7.70. The quantitative estimate of drug-likeness (QED) is 0.826. The lowest BCUT2D eigenvalue weighted by molar-refractivity contribution is -0.124. The molecule has 1 aliphatic carbocycles. The minimum atomic E-state index is -0.469. The summed E-state index contributed by atoms with van der Waals surface area (Å²) in [5.41, 5.74) is 3.93. The molecule has 0 spiro atoms. The molecule has 5 heteroatoms. The molecule has 0 bridgehead atoms. The second-order valence-electron chi connectivity index (χ2n) is 6.25. The highest BCUT2D eigenvalue weighted by Crippen LogP contribution is 2.23. The highest BCUT2D eigenvalue weighted by atomic mass is 35.5. The first-order chi connectivity index (χ1) is 12.0. The largest absolute Gasteiger partial charge is 0.452 e. The highest BCUT2D eigenvalue weighted by Gasteiger charge is 2.16. The number of ether oxygens (including phenoxy) is 1. The molecule has 1 aliphatic rings. The Balaban J connectivity index is 1.51. The number of carbonyl (C=O) groups excluding carboxylic acids is 2. The maximum Gasteiger partial charge on any atom is 0.338 e. The fourth-order valence-corrected chi connectivity index (χ4v) is 3.16. The van der Waals surface area contributed by atoms with Gasteiger partial charge in [0.1, 0.15) is 0 Å². The van der Waals surface area contributed by atoms with E-state index in [9.17, 15) is 9.59 Å². The standard InChI is InChI=1S/C20H20ClNO3/c1-13(14-7-9-18(21)10-8-14)22-19(23)12-25-20(24)17-6-5-15-3-2-4-16(15)11-17/h5-11,13H,2-4,12H2,1H3,(H,22,23)/t13-/m0/s1. The average molecular weight is 358 g/mol. The van der Waals surface area contributed by atoms with Crippen molar-refractivity contribution in [3.05, 3.63) is 69.7 Å². The van der Waals surface area contributed by atoms with Gasteiger partial charge in [0.25, 0.3) is 5.91 Å². The molecule has 1 N–H and O–H groups in total. The number of amides is 1. The summed E-state index contributed by atoms with van der Waals surface area (Å²) in [6.45, 7) is 1.57. The smallest absolute Gasteiger partial charge is 0.338 e. The number of hydrogen-bond donors (Lipinski definition) is 1. The van der Waals surface area contributed by atoms with Crippen LogP contribution in [0.15, 0.2) is 42.5 Å². The molecule has 0 saturated carbocycles. The van der Waals surface area contributed by atoms with E-state index in [1.165, 1.54) is 11.1 Å². The molecule has 0 aliphatic heterocycles. The van der Waals surface area contributed by atoms with Gasteiger partial charge in [-0.3, -0.25) is 4.79 Å². The van der Waals surface area contributed by atoms with Crippen LogP contribution >= 0.6 is 11.6 Å². The van der Waals surface area contributed by atoms with Gasteiger partial charge in [-0.2, -0.15) is 0 Å². The number of rotatable bonds is 5. The van der Waals surface area contributed by atoms with Gasteiger partial charge in [-0.1, -0.05) is 29.8 Å². The Morgan fingerprint density at radius 1 is 1.12 bits per heavy atom. The van der Waals surface area contributed by atoms with E-state index in [-0.39, 0.29) is 18.6 Å². The van der Waals surface area contributed by atoms with E-state index in [1.807, 2.05) is 31.2 Å². The molecule has 130 valence electrons. The Hall–Kier alpha value is -2.33. The average Bonchev–Trinajstić information content (AvgIpc) is 3.07. The van der Waals surface area contributed by atoms with Crippen molar-refractivity contribution in [2.45, 2.75) is 32.2 Å². The maximum absolute atomic E-state index is 12.1. The van der Waals surface area contributed by atoms with Crippen molar-refractivity contribution >= 4 is 23.5 Å². The van der Waals surface area contributed by atoms with Gasteiger partial charge in [0, 0.05) is 5.02 Å². The SMILES string of the molecule is C[C@H](NC(=O)COC(=O)c1ccc2c(c1)CCC2)c1ccc(Cl)cc1. The number of halogens is 1. The fraction of sp³-hybridized carbons (Fsp3) is 0.300. The lowest BCUT2D eigenvalue weighted by Crippen LogP contribution is -2.31. The molecular formula is C20H20ClNO3. The van der Waals surface area contributed by atoms with Crippen LogP contribution in [0.25, 0.3) is 0 Å². The zero-order chi connectivity index (χ0) is 17.8. The molecule has 0 heterocycles. The zero-order valence-electron chi connectivity index (χ0n) is 14.0. The summed E-state index contributed by atoms with van der Waals surface area (Å²) < 4.78 is 5.13. The summed E-state index contributed by atoms with van der Waals surface area (Å²) in [4.78, 5) is 24.1. The van der Waals surface area contributed by atoms with Gasteiger partial charge in [-0.25, -0.2) is 4.79 Å². The Morgan fingerprint density at radius 3 is 2.60 bits per heavy atom. The normalized spacial score (nSPS) is 13.8. The molecule has 1 atom stereocenters. The predicted molar refractivity (Wildman–Crippen MR) is 96.8 cm³/mol. The van der Waals surface area contributed by atoms with Crippen LogP contribution in [0.3, 0.4) is 0 Å². The number of nitrogens with one attached hydrogen (secondary N) is 1. The van der Waals surface area contributed by atoms with E-state index in [4.69, 9.17) is 16.3 Å². The number of fused-ring (bicyclic) bond motifs is 1. The number of esters is 1. The third-order valence-corrected chi connectivity index (χ3v) is 4.67. The predicted octanol–water partition coefficient (Wildman–Crippen LogP) is 3.86. The molecule has 0 fully saturated rings. The van der Waals surface area contributed by atoms with Crippen molar-refractivity contribution in [2.24, 2.45) is 0 Å². The first-order valence-electron chi connectivity index (χ1n) is 8.36. The summed E-state index contributed by atoms with van der Waals surface area (Å²) in [7, 11) is 0. The van der Waals surface area contributed by atoms with Gasteiger partial charge >= 0.3 is 5.97 Å². The van der Waals surface area contributed by atoms with Gasteiger partial charge < -0.3 is 10.1 Å². The van der Waals surface area contributed by atoms with Crippen molar-refractivity contribution in [1.82, 2.24) is 5.32 Å². The lowest BCUT2D eigenvalue weighted by atomic mass is 10.1. The zero-order valence-corrected chi connectivity index (χ0v) is 14.8. The Morgan fingerprint density at radius 2 is 1.84 bits per heavy atom. The molecule has 0 radical (unpaired) electrons.